The zero-order chi connectivity index (χ0) is 19.0. The van der Waals surface area contributed by atoms with Crippen molar-refractivity contribution in [2.45, 2.75) is 96.9 Å². The Hall–Kier alpha value is -1.79. The lowest BCUT2D eigenvalue weighted by Gasteiger charge is -2.25. The van der Waals surface area contributed by atoms with Crippen LogP contribution in [0.3, 0.4) is 0 Å². The Morgan fingerprint density at radius 1 is 1.12 bits per heavy atom. The number of carbonyl (C=O) groups excluding carboxylic acids is 3. The fourth-order valence-corrected chi connectivity index (χ4v) is 3.10. The third-order valence-corrected chi connectivity index (χ3v) is 4.04. The van der Waals surface area contributed by atoms with Gasteiger partial charge in [0.1, 0.15) is 5.60 Å². The van der Waals surface area contributed by atoms with E-state index >= 15 is 0 Å². The van der Waals surface area contributed by atoms with E-state index in [1.807, 2.05) is 6.92 Å². The molecule has 1 fully saturated rings. The van der Waals surface area contributed by atoms with Crippen LogP contribution in [0.2, 0.25) is 0 Å². The highest BCUT2D eigenvalue weighted by molar-refractivity contribution is 5.78. The molecule has 0 unspecified atom stereocenters. The molecule has 0 aliphatic heterocycles. The van der Waals surface area contributed by atoms with E-state index in [2.05, 4.69) is 16.0 Å². The topological polar surface area (TPSA) is 96.5 Å². The molecule has 3 atom stereocenters. The van der Waals surface area contributed by atoms with E-state index in [1.165, 1.54) is 6.92 Å². The van der Waals surface area contributed by atoms with E-state index in [-0.39, 0.29) is 36.4 Å². The largest absolute Gasteiger partial charge is 0.444 e. The van der Waals surface area contributed by atoms with E-state index in [0.29, 0.717) is 6.42 Å². The van der Waals surface area contributed by atoms with Crippen molar-refractivity contribution in [2.75, 3.05) is 0 Å². The highest BCUT2D eigenvalue weighted by Crippen LogP contribution is 2.19. The summed E-state index contributed by atoms with van der Waals surface area (Å²) < 4.78 is 5.26. The summed E-state index contributed by atoms with van der Waals surface area (Å²) in [6.45, 7) is 8.90. The Bertz CT molecular complexity index is 473. The standard InChI is InChI=1S/C18H33N3O4/c1-6-8-13(20-17(24)25-18(3,4)5)11-16(23)21-15-10-7-9-14(15)19-12(2)22/h13-15H,6-11H2,1-5H3,(H,19,22)(H,20,24)(H,21,23)/t13-,14+,15-/m1/s1. The molecule has 7 heteroatoms. The second kappa shape index (κ2) is 9.63. The van der Waals surface area contributed by atoms with Gasteiger partial charge in [-0.15, -0.1) is 0 Å². The summed E-state index contributed by atoms with van der Waals surface area (Å²) in [5, 5.41) is 8.67. The molecule has 0 radical (unpaired) electrons. The Labute approximate surface area is 150 Å². The Morgan fingerprint density at radius 2 is 1.72 bits per heavy atom. The summed E-state index contributed by atoms with van der Waals surface area (Å²) in [7, 11) is 0. The summed E-state index contributed by atoms with van der Waals surface area (Å²) in [6, 6.07) is -0.314. The molecule has 0 heterocycles. The average Bonchev–Trinajstić information content (AvgIpc) is 2.82. The summed E-state index contributed by atoms with van der Waals surface area (Å²) in [5.41, 5.74) is -0.571. The van der Waals surface area contributed by atoms with Crippen molar-refractivity contribution in [3.8, 4) is 0 Å². The predicted octanol–water partition coefficient (Wildman–Crippen LogP) is 2.24. The lowest BCUT2D eigenvalue weighted by atomic mass is 10.1. The van der Waals surface area contributed by atoms with Gasteiger partial charge in [-0.1, -0.05) is 13.3 Å². The van der Waals surface area contributed by atoms with Crippen LogP contribution < -0.4 is 16.0 Å². The van der Waals surface area contributed by atoms with Gasteiger partial charge < -0.3 is 20.7 Å². The molecular weight excluding hydrogens is 322 g/mol. The minimum absolute atomic E-state index is 0.00936. The van der Waals surface area contributed by atoms with E-state index in [4.69, 9.17) is 4.74 Å². The zero-order valence-corrected chi connectivity index (χ0v) is 16.1. The SMILES string of the molecule is CCC[C@H](CC(=O)N[C@@H]1CCC[C@@H]1NC(C)=O)NC(=O)OC(C)(C)C. The second-order valence-electron chi connectivity index (χ2n) is 7.75. The van der Waals surface area contributed by atoms with Crippen LogP contribution in [-0.2, 0) is 14.3 Å². The van der Waals surface area contributed by atoms with Gasteiger partial charge in [0.2, 0.25) is 11.8 Å². The molecule has 1 rings (SSSR count). The number of ether oxygens (including phenoxy) is 1. The average molecular weight is 355 g/mol. The van der Waals surface area contributed by atoms with Crippen LogP contribution in [0.1, 0.15) is 73.1 Å². The summed E-state index contributed by atoms with van der Waals surface area (Å²) >= 11 is 0. The van der Waals surface area contributed by atoms with Gasteiger partial charge >= 0.3 is 6.09 Å². The molecule has 0 aromatic heterocycles. The van der Waals surface area contributed by atoms with Crippen LogP contribution in [0.15, 0.2) is 0 Å². The van der Waals surface area contributed by atoms with Crippen LogP contribution in [0.5, 0.6) is 0 Å². The maximum absolute atomic E-state index is 12.4. The van der Waals surface area contributed by atoms with Gasteiger partial charge in [0.05, 0.1) is 0 Å². The predicted molar refractivity (Wildman–Crippen MR) is 96.1 cm³/mol. The molecule has 1 saturated carbocycles. The van der Waals surface area contributed by atoms with Gasteiger partial charge in [0.15, 0.2) is 0 Å². The molecule has 0 saturated heterocycles. The van der Waals surface area contributed by atoms with Crippen molar-refractivity contribution >= 4 is 17.9 Å². The monoisotopic (exact) mass is 355 g/mol. The Kier molecular flexibility index (Phi) is 8.19. The van der Waals surface area contributed by atoms with Crippen molar-refractivity contribution in [1.29, 1.82) is 0 Å². The van der Waals surface area contributed by atoms with Gasteiger partial charge in [-0.05, 0) is 46.5 Å². The number of nitrogens with one attached hydrogen (secondary N) is 3. The van der Waals surface area contributed by atoms with Crippen LogP contribution in [0.4, 0.5) is 4.79 Å². The van der Waals surface area contributed by atoms with Crippen LogP contribution in [0.25, 0.3) is 0 Å². The van der Waals surface area contributed by atoms with E-state index in [1.54, 1.807) is 20.8 Å². The van der Waals surface area contributed by atoms with Crippen molar-refractivity contribution < 1.29 is 19.1 Å². The van der Waals surface area contributed by atoms with Crippen molar-refractivity contribution in [2.24, 2.45) is 0 Å². The molecule has 3 amide bonds. The number of hydrogen-bond donors (Lipinski definition) is 3. The molecule has 25 heavy (non-hydrogen) atoms. The molecule has 0 aromatic rings. The van der Waals surface area contributed by atoms with Crippen molar-refractivity contribution in [3.05, 3.63) is 0 Å². The number of carbonyl (C=O) groups is 3. The summed E-state index contributed by atoms with van der Waals surface area (Å²) in [4.78, 5) is 35.5. The molecular formula is C18H33N3O4. The second-order valence-corrected chi connectivity index (χ2v) is 7.75. The van der Waals surface area contributed by atoms with E-state index in [9.17, 15) is 14.4 Å². The molecule has 1 aliphatic rings. The quantitative estimate of drug-likeness (QED) is 0.652. The van der Waals surface area contributed by atoms with Gasteiger partial charge in [-0.3, -0.25) is 9.59 Å². The maximum atomic E-state index is 12.4. The first-order valence-corrected chi connectivity index (χ1v) is 9.16. The maximum Gasteiger partial charge on any atom is 0.407 e. The van der Waals surface area contributed by atoms with Crippen molar-refractivity contribution in [1.82, 2.24) is 16.0 Å². The van der Waals surface area contributed by atoms with E-state index in [0.717, 1.165) is 25.7 Å². The van der Waals surface area contributed by atoms with Crippen molar-refractivity contribution in [3.63, 3.8) is 0 Å². The van der Waals surface area contributed by atoms with Gasteiger partial charge in [-0.25, -0.2) is 4.79 Å². The van der Waals surface area contributed by atoms with Crippen LogP contribution in [-0.4, -0.2) is 41.6 Å². The zero-order valence-electron chi connectivity index (χ0n) is 16.1. The fraction of sp³-hybridized carbons (Fsp3) is 0.833. The van der Waals surface area contributed by atoms with E-state index < -0.39 is 11.7 Å². The minimum atomic E-state index is -0.571. The third-order valence-electron chi connectivity index (χ3n) is 4.04. The number of amides is 3. The Morgan fingerprint density at radius 3 is 2.24 bits per heavy atom. The smallest absolute Gasteiger partial charge is 0.407 e. The normalized spacial score (nSPS) is 21.3. The highest BCUT2D eigenvalue weighted by Gasteiger charge is 2.30. The first kappa shape index (κ1) is 21.3. The van der Waals surface area contributed by atoms with Gasteiger partial charge in [0.25, 0.3) is 0 Å². The molecule has 3 N–H and O–H groups in total. The number of hydrogen-bond acceptors (Lipinski definition) is 4. The third kappa shape index (κ3) is 8.74. The molecule has 0 spiro atoms. The fourth-order valence-electron chi connectivity index (χ4n) is 3.10. The first-order valence-electron chi connectivity index (χ1n) is 9.16. The molecule has 0 aromatic carbocycles. The van der Waals surface area contributed by atoms with Crippen LogP contribution in [0, 0.1) is 0 Å². The number of alkyl carbamates (subject to hydrolysis) is 1. The van der Waals surface area contributed by atoms with Gasteiger partial charge in [-0.2, -0.15) is 0 Å². The molecule has 7 nitrogen and oxygen atoms in total. The highest BCUT2D eigenvalue weighted by atomic mass is 16.6. The summed E-state index contributed by atoms with van der Waals surface area (Å²) in [5.74, 6) is -0.196. The molecule has 1 aliphatic carbocycles. The molecule has 144 valence electrons. The molecule has 0 bridgehead atoms. The van der Waals surface area contributed by atoms with Gasteiger partial charge in [0, 0.05) is 31.5 Å². The first-order chi connectivity index (χ1) is 11.6. The number of rotatable bonds is 7. The summed E-state index contributed by atoms with van der Waals surface area (Å²) in [6.07, 6.45) is 3.96. The minimum Gasteiger partial charge on any atom is -0.444 e. The Balaban J connectivity index is 2.52. The van der Waals surface area contributed by atoms with Crippen LogP contribution >= 0.6 is 0 Å². The lowest BCUT2D eigenvalue weighted by Crippen LogP contribution is -2.49. The lowest BCUT2D eigenvalue weighted by molar-refractivity contribution is -0.123.